The monoisotopic (exact) mass is 237 g/mol. The molecule has 5 nitrogen and oxygen atoms in total. The molecule has 0 aromatic carbocycles. The highest BCUT2D eigenvalue weighted by atomic mass is 16.5. The Labute approximate surface area is 101 Å². The number of carbonyl (C=O) groups is 1. The number of nitrogens with one attached hydrogen (secondary N) is 1. The highest BCUT2D eigenvalue weighted by Gasteiger charge is 2.13. The summed E-state index contributed by atoms with van der Waals surface area (Å²) in [4.78, 5) is 15.6. The van der Waals surface area contributed by atoms with Gasteiger partial charge in [-0.2, -0.15) is 0 Å². The van der Waals surface area contributed by atoms with Gasteiger partial charge in [-0.25, -0.2) is 9.78 Å². The van der Waals surface area contributed by atoms with E-state index in [1.807, 2.05) is 0 Å². The minimum atomic E-state index is -0.454. The van der Waals surface area contributed by atoms with Gasteiger partial charge >= 0.3 is 5.97 Å². The number of rotatable bonds is 4. The van der Waals surface area contributed by atoms with Gasteiger partial charge in [-0.3, -0.25) is 0 Å². The van der Waals surface area contributed by atoms with Crippen molar-refractivity contribution >= 4 is 17.5 Å². The summed E-state index contributed by atoms with van der Waals surface area (Å²) in [5.41, 5.74) is 6.32. The van der Waals surface area contributed by atoms with E-state index in [-0.39, 0.29) is 6.04 Å². The Bertz CT molecular complexity index is 405. The predicted octanol–water partition coefficient (Wildman–Crippen LogP) is 1.91. The third kappa shape index (κ3) is 3.34. The molecule has 0 radical (unpaired) electrons. The standard InChI is InChI=1S/C12H19N3O2/c1-7(2)8(3)15-11-5-9(12(16)17-4)10(13)6-14-11/h5-8H,13H2,1-4H3,(H,14,15). The lowest BCUT2D eigenvalue weighted by Crippen LogP contribution is -2.22. The number of nitrogen functional groups attached to an aromatic ring is 1. The molecule has 0 saturated heterocycles. The van der Waals surface area contributed by atoms with E-state index in [2.05, 4.69) is 35.8 Å². The molecule has 0 bridgehead atoms. The molecule has 17 heavy (non-hydrogen) atoms. The first kappa shape index (κ1) is 13.3. The van der Waals surface area contributed by atoms with Crippen molar-refractivity contribution in [3.63, 3.8) is 0 Å². The van der Waals surface area contributed by atoms with E-state index in [9.17, 15) is 4.79 Å². The first-order chi connectivity index (χ1) is 7.95. The van der Waals surface area contributed by atoms with Crippen LogP contribution in [0.15, 0.2) is 12.3 Å². The van der Waals surface area contributed by atoms with E-state index in [0.717, 1.165) is 0 Å². The maximum Gasteiger partial charge on any atom is 0.340 e. The van der Waals surface area contributed by atoms with Crippen LogP contribution in [0.1, 0.15) is 31.1 Å². The molecule has 0 aliphatic heterocycles. The molecule has 0 aliphatic carbocycles. The number of methoxy groups -OCH3 is 1. The Hall–Kier alpha value is -1.78. The van der Waals surface area contributed by atoms with Crippen LogP contribution in [-0.2, 0) is 4.74 Å². The zero-order valence-corrected chi connectivity index (χ0v) is 10.7. The molecule has 0 fully saturated rings. The fourth-order valence-corrected chi connectivity index (χ4v) is 1.23. The minimum absolute atomic E-state index is 0.261. The van der Waals surface area contributed by atoms with Gasteiger partial charge in [0.05, 0.1) is 24.6 Å². The van der Waals surface area contributed by atoms with E-state index in [1.54, 1.807) is 6.07 Å². The van der Waals surface area contributed by atoms with Crippen LogP contribution in [-0.4, -0.2) is 24.1 Å². The fraction of sp³-hybridized carbons (Fsp3) is 0.500. The summed E-state index contributed by atoms with van der Waals surface area (Å²) in [5.74, 6) is 0.641. The molecule has 1 heterocycles. The van der Waals surface area contributed by atoms with Crippen molar-refractivity contribution in [2.45, 2.75) is 26.8 Å². The van der Waals surface area contributed by atoms with Crippen LogP contribution in [0.4, 0.5) is 11.5 Å². The van der Waals surface area contributed by atoms with Crippen LogP contribution < -0.4 is 11.1 Å². The normalized spacial score (nSPS) is 12.3. The zero-order valence-electron chi connectivity index (χ0n) is 10.7. The molecule has 1 aromatic heterocycles. The van der Waals surface area contributed by atoms with Crippen molar-refractivity contribution in [1.82, 2.24) is 4.98 Å². The summed E-state index contributed by atoms with van der Waals surface area (Å²) in [5, 5.41) is 3.21. The Morgan fingerprint density at radius 2 is 2.12 bits per heavy atom. The lowest BCUT2D eigenvalue weighted by Gasteiger charge is -2.18. The highest BCUT2D eigenvalue weighted by Crippen LogP contribution is 2.17. The molecule has 1 rings (SSSR count). The molecular weight excluding hydrogens is 218 g/mol. The number of pyridine rings is 1. The number of anilines is 2. The molecule has 0 amide bonds. The van der Waals surface area contributed by atoms with Gasteiger partial charge in [0, 0.05) is 6.04 Å². The maximum atomic E-state index is 11.4. The number of aromatic nitrogens is 1. The summed E-state index contributed by atoms with van der Waals surface area (Å²) in [6, 6.07) is 1.87. The minimum Gasteiger partial charge on any atom is -0.465 e. The van der Waals surface area contributed by atoms with Crippen LogP contribution in [0.3, 0.4) is 0 Å². The predicted molar refractivity (Wildman–Crippen MR) is 67.9 cm³/mol. The van der Waals surface area contributed by atoms with Crippen molar-refractivity contribution in [3.8, 4) is 0 Å². The Kier molecular flexibility index (Phi) is 4.31. The van der Waals surface area contributed by atoms with Gasteiger partial charge in [0.2, 0.25) is 0 Å². The highest BCUT2D eigenvalue weighted by molar-refractivity contribution is 5.95. The van der Waals surface area contributed by atoms with Gasteiger partial charge in [0.15, 0.2) is 0 Å². The number of ether oxygens (including phenoxy) is 1. The summed E-state index contributed by atoms with van der Waals surface area (Å²) < 4.78 is 4.65. The van der Waals surface area contributed by atoms with Gasteiger partial charge < -0.3 is 15.8 Å². The topological polar surface area (TPSA) is 77.2 Å². The van der Waals surface area contributed by atoms with Crippen LogP contribution in [0, 0.1) is 5.92 Å². The summed E-state index contributed by atoms with van der Waals surface area (Å²) in [6.45, 7) is 6.27. The lowest BCUT2D eigenvalue weighted by atomic mass is 10.1. The number of carbonyl (C=O) groups excluding carboxylic acids is 1. The molecule has 1 unspecified atom stereocenters. The second-order valence-corrected chi connectivity index (χ2v) is 4.33. The van der Waals surface area contributed by atoms with Crippen molar-refractivity contribution in [2.24, 2.45) is 5.92 Å². The van der Waals surface area contributed by atoms with Crippen LogP contribution in [0.25, 0.3) is 0 Å². The van der Waals surface area contributed by atoms with Gasteiger partial charge in [-0.1, -0.05) is 13.8 Å². The molecule has 0 aliphatic rings. The van der Waals surface area contributed by atoms with Gasteiger partial charge in [0.1, 0.15) is 5.82 Å². The van der Waals surface area contributed by atoms with E-state index in [0.29, 0.717) is 23.0 Å². The molecule has 1 atom stereocenters. The van der Waals surface area contributed by atoms with Gasteiger partial charge in [-0.15, -0.1) is 0 Å². The van der Waals surface area contributed by atoms with E-state index >= 15 is 0 Å². The molecule has 0 spiro atoms. The largest absolute Gasteiger partial charge is 0.465 e. The average molecular weight is 237 g/mol. The third-order valence-corrected chi connectivity index (χ3v) is 2.72. The third-order valence-electron chi connectivity index (χ3n) is 2.72. The second-order valence-electron chi connectivity index (χ2n) is 4.33. The van der Waals surface area contributed by atoms with Gasteiger partial charge in [0.25, 0.3) is 0 Å². The Balaban J connectivity index is 2.93. The first-order valence-corrected chi connectivity index (χ1v) is 5.56. The molecule has 1 aromatic rings. The van der Waals surface area contributed by atoms with Crippen LogP contribution in [0.5, 0.6) is 0 Å². The first-order valence-electron chi connectivity index (χ1n) is 5.56. The van der Waals surface area contributed by atoms with Crippen LogP contribution in [0.2, 0.25) is 0 Å². The SMILES string of the molecule is COC(=O)c1cc(NC(C)C(C)C)ncc1N. The Morgan fingerprint density at radius 3 is 2.65 bits per heavy atom. The molecule has 94 valence electrons. The number of esters is 1. The number of nitrogens with zero attached hydrogens (tertiary/aromatic N) is 1. The van der Waals surface area contributed by atoms with E-state index < -0.39 is 5.97 Å². The van der Waals surface area contributed by atoms with Crippen LogP contribution >= 0.6 is 0 Å². The van der Waals surface area contributed by atoms with Crippen molar-refractivity contribution in [1.29, 1.82) is 0 Å². The number of hydrogen-bond donors (Lipinski definition) is 2. The average Bonchev–Trinajstić information content (AvgIpc) is 2.30. The van der Waals surface area contributed by atoms with Gasteiger partial charge in [-0.05, 0) is 18.9 Å². The smallest absolute Gasteiger partial charge is 0.340 e. The summed E-state index contributed by atoms with van der Waals surface area (Å²) in [6.07, 6.45) is 1.46. The molecule has 0 saturated carbocycles. The van der Waals surface area contributed by atoms with E-state index in [1.165, 1.54) is 13.3 Å². The lowest BCUT2D eigenvalue weighted by molar-refractivity contribution is 0.0602. The van der Waals surface area contributed by atoms with Crippen molar-refractivity contribution in [3.05, 3.63) is 17.8 Å². The molecular formula is C12H19N3O2. The van der Waals surface area contributed by atoms with Crippen molar-refractivity contribution in [2.75, 3.05) is 18.2 Å². The molecule has 3 N–H and O–H groups in total. The van der Waals surface area contributed by atoms with Crippen molar-refractivity contribution < 1.29 is 9.53 Å². The maximum absolute atomic E-state index is 11.4. The fourth-order valence-electron chi connectivity index (χ4n) is 1.23. The summed E-state index contributed by atoms with van der Waals surface area (Å²) >= 11 is 0. The number of hydrogen-bond acceptors (Lipinski definition) is 5. The Morgan fingerprint density at radius 1 is 1.47 bits per heavy atom. The van der Waals surface area contributed by atoms with E-state index in [4.69, 9.17) is 5.73 Å². The number of nitrogens with two attached hydrogens (primary N) is 1. The summed E-state index contributed by atoms with van der Waals surface area (Å²) in [7, 11) is 1.33. The quantitative estimate of drug-likeness (QED) is 0.782. The second kappa shape index (κ2) is 5.52. The molecule has 5 heteroatoms. The zero-order chi connectivity index (χ0) is 13.0.